The fourth-order valence-corrected chi connectivity index (χ4v) is 4.06. The van der Waals surface area contributed by atoms with Crippen LogP contribution in [0.15, 0.2) is 0 Å². The molecular weight excluding hydrogens is 256 g/mol. The first-order valence-electron chi connectivity index (χ1n) is 7.90. The number of rotatable bonds is 2. The highest BCUT2D eigenvalue weighted by atomic mass is 16.5. The summed E-state index contributed by atoms with van der Waals surface area (Å²) >= 11 is 0. The van der Waals surface area contributed by atoms with Crippen LogP contribution >= 0.6 is 0 Å². The first-order chi connectivity index (χ1) is 9.75. The van der Waals surface area contributed by atoms with Crippen LogP contribution in [0.2, 0.25) is 0 Å². The van der Waals surface area contributed by atoms with E-state index in [1.807, 2.05) is 9.80 Å². The summed E-state index contributed by atoms with van der Waals surface area (Å²) in [4.78, 5) is 16.6. The highest BCUT2D eigenvalue weighted by molar-refractivity contribution is 5.75. The van der Waals surface area contributed by atoms with Crippen LogP contribution in [0.1, 0.15) is 32.1 Å². The molecule has 5 nitrogen and oxygen atoms in total. The minimum atomic E-state index is 0.0145. The second-order valence-electron chi connectivity index (χ2n) is 6.45. The number of fused-ring (bicyclic) bond motifs is 1. The number of methoxy groups -OCH3 is 1. The van der Waals surface area contributed by atoms with Crippen LogP contribution in [0.4, 0.5) is 4.79 Å². The first-order valence-corrected chi connectivity index (χ1v) is 7.90. The monoisotopic (exact) mass is 282 g/mol. The Kier molecular flexibility index (Phi) is 4.17. The zero-order valence-corrected chi connectivity index (χ0v) is 12.5. The van der Waals surface area contributed by atoms with Gasteiger partial charge in [0.2, 0.25) is 0 Å². The fourth-order valence-electron chi connectivity index (χ4n) is 4.06. The molecule has 0 spiro atoms. The van der Waals surface area contributed by atoms with E-state index in [9.17, 15) is 4.79 Å². The predicted octanol–water partition coefficient (Wildman–Crippen LogP) is 1.72. The molecular formula is C15H26N2O3. The van der Waals surface area contributed by atoms with Crippen LogP contribution in [-0.4, -0.2) is 68.4 Å². The Morgan fingerprint density at radius 3 is 2.80 bits per heavy atom. The minimum absolute atomic E-state index is 0.0145. The van der Waals surface area contributed by atoms with Crippen LogP contribution in [0, 0.1) is 5.41 Å². The summed E-state index contributed by atoms with van der Waals surface area (Å²) in [5, 5.41) is 0. The van der Waals surface area contributed by atoms with Gasteiger partial charge in [0.1, 0.15) is 0 Å². The van der Waals surface area contributed by atoms with E-state index in [4.69, 9.17) is 9.47 Å². The van der Waals surface area contributed by atoms with E-state index < -0.39 is 0 Å². The lowest BCUT2D eigenvalue weighted by Gasteiger charge is -2.50. The van der Waals surface area contributed by atoms with Crippen molar-refractivity contribution in [2.45, 2.75) is 38.2 Å². The molecule has 20 heavy (non-hydrogen) atoms. The average molecular weight is 282 g/mol. The lowest BCUT2D eigenvalue weighted by atomic mass is 9.73. The van der Waals surface area contributed by atoms with E-state index in [-0.39, 0.29) is 17.6 Å². The predicted molar refractivity (Wildman–Crippen MR) is 75.7 cm³/mol. The first kappa shape index (κ1) is 14.1. The second-order valence-corrected chi connectivity index (χ2v) is 6.45. The maximum atomic E-state index is 12.6. The van der Waals surface area contributed by atoms with Gasteiger partial charge < -0.3 is 19.3 Å². The second kappa shape index (κ2) is 5.90. The molecule has 0 aromatic rings. The van der Waals surface area contributed by atoms with Crippen molar-refractivity contribution >= 4 is 6.03 Å². The maximum Gasteiger partial charge on any atom is 0.320 e. The molecule has 0 aliphatic carbocycles. The van der Waals surface area contributed by atoms with Gasteiger partial charge in [-0.05, 0) is 32.1 Å². The fraction of sp³-hybridized carbons (Fsp3) is 0.933. The molecule has 3 heterocycles. The van der Waals surface area contributed by atoms with Gasteiger partial charge in [0, 0.05) is 45.3 Å². The normalized spacial score (nSPS) is 34.1. The van der Waals surface area contributed by atoms with Crippen LogP contribution < -0.4 is 0 Å². The number of piperidine rings is 1. The van der Waals surface area contributed by atoms with E-state index in [1.54, 1.807) is 7.11 Å². The molecule has 3 fully saturated rings. The molecule has 0 saturated carbocycles. The molecule has 3 rings (SSSR count). The summed E-state index contributed by atoms with van der Waals surface area (Å²) in [6.07, 6.45) is 5.69. The molecule has 0 bridgehead atoms. The minimum Gasteiger partial charge on any atom is -0.384 e. The highest BCUT2D eigenvalue weighted by Gasteiger charge is 2.47. The number of urea groups is 1. The van der Waals surface area contributed by atoms with Crippen LogP contribution in [0.5, 0.6) is 0 Å². The maximum absolute atomic E-state index is 12.6. The van der Waals surface area contributed by atoms with Gasteiger partial charge >= 0.3 is 6.03 Å². The molecule has 3 saturated heterocycles. The molecule has 0 radical (unpaired) electrons. The summed E-state index contributed by atoms with van der Waals surface area (Å²) in [5.41, 5.74) is 0.0145. The lowest BCUT2D eigenvalue weighted by Crippen LogP contribution is -2.59. The van der Waals surface area contributed by atoms with Gasteiger partial charge in [0.25, 0.3) is 0 Å². The number of ether oxygens (including phenoxy) is 2. The third-order valence-electron chi connectivity index (χ3n) is 5.07. The zero-order chi connectivity index (χ0) is 14.0. The number of carbonyl (C=O) groups excluding carboxylic acids is 1. The largest absolute Gasteiger partial charge is 0.384 e. The Balaban J connectivity index is 1.70. The van der Waals surface area contributed by atoms with Gasteiger partial charge in [-0.15, -0.1) is 0 Å². The van der Waals surface area contributed by atoms with Gasteiger partial charge in [-0.25, -0.2) is 4.79 Å². The molecule has 114 valence electrons. The van der Waals surface area contributed by atoms with Crippen molar-refractivity contribution < 1.29 is 14.3 Å². The Bertz CT molecular complexity index is 353. The van der Waals surface area contributed by atoms with E-state index >= 15 is 0 Å². The standard InChI is InChI=1S/C15H26N2O3/c1-19-12-15-6-4-10-20-13(15)5-9-17(11-15)14(18)16-7-2-3-8-16/h13H,2-12H2,1H3. The third kappa shape index (κ3) is 2.53. The molecule has 0 aromatic carbocycles. The third-order valence-corrected chi connectivity index (χ3v) is 5.07. The number of likely N-dealkylation sites (tertiary alicyclic amines) is 2. The number of hydrogen-bond acceptors (Lipinski definition) is 3. The van der Waals surface area contributed by atoms with E-state index in [1.165, 1.54) is 0 Å². The van der Waals surface area contributed by atoms with Gasteiger partial charge in [0.05, 0.1) is 12.7 Å². The molecule has 5 heteroatoms. The number of hydrogen-bond donors (Lipinski definition) is 0. The smallest absolute Gasteiger partial charge is 0.320 e. The Morgan fingerprint density at radius 1 is 1.25 bits per heavy atom. The van der Waals surface area contributed by atoms with Gasteiger partial charge in [0.15, 0.2) is 0 Å². The Hall–Kier alpha value is -0.810. The number of nitrogens with zero attached hydrogens (tertiary/aromatic N) is 2. The Labute approximate surface area is 121 Å². The molecule has 2 unspecified atom stereocenters. The van der Waals surface area contributed by atoms with Crippen LogP contribution in [0.3, 0.4) is 0 Å². The molecule has 2 atom stereocenters. The zero-order valence-electron chi connectivity index (χ0n) is 12.5. The molecule has 0 N–H and O–H groups in total. The summed E-state index contributed by atoms with van der Waals surface area (Å²) in [6, 6.07) is 0.224. The van der Waals surface area contributed by atoms with E-state index in [2.05, 4.69) is 0 Å². The lowest BCUT2D eigenvalue weighted by molar-refractivity contribution is -0.142. The summed E-state index contributed by atoms with van der Waals surface area (Å²) in [5.74, 6) is 0. The van der Waals surface area contributed by atoms with Gasteiger partial charge in [-0.3, -0.25) is 0 Å². The van der Waals surface area contributed by atoms with Crippen molar-refractivity contribution in [3.8, 4) is 0 Å². The van der Waals surface area contributed by atoms with E-state index in [0.717, 1.165) is 64.9 Å². The van der Waals surface area contributed by atoms with Crippen LogP contribution in [-0.2, 0) is 9.47 Å². The number of carbonyl (C=O) groups is 1. The van der Waals surface area contributed by atoms with Crippen molar-refractivity contribution in [2.75, 3.05) is 46.5 Å². The van der Waals surface area contributed by atoms with Crippen molar-refractivity contribution in [1.29, 1.82) is 0 Å². The quantitative estimate of drug-likeness (QED) is 0.774. The van der Waals surface area contributed by atoms with E-state index in [0.29, 0.717) is 6.61 Å². The summed E-state index contributed by atoms with van der Waals surface area (Å²) in [6.45, 7) is 5.02. The van der Waals surface area contributed by atoms with Crippen molar-refractivity contribution in [3.63, 3.8) is 0 Å². The number of amides is 2. The van der Waals surface area contributed by atoms with Gasteiger partial charge in [-0.2, -0.15) is 0 Å². The molecule has 0 aromatic heterocycles. The van der Waals surface area contributed by atoms with Crippen LogP contribution in [0.25, 0.3) is 0 Å². The Morgan fingerprint density at radius 2 is 2.05 bits per heavy atom. The molecule has 2 amide bonds. The van der Waals surface area contributed by atoms with Crippen molar-refractivity contribution in [3.05, 3.63) is 0 Å². The van der Waals surface area contributed by atoms with Crippen molar-refractivity contribution in [2.24, 2.45) is 5.41 Å². The van der Waals surface area contributed by atoms with Gasteiger partial charge in [-0.1, -0.05) is 0 Å². The SMILES string of the molecule is COCC12CCCOC1CCN(C(=O)N1CCCC1)C2. The highest BCUT2D eigenvalue weighted by Crippen LogP contribution is 2.40. The molecule has 3 aliphatic rings. The summed E-state index contributed by atoms with van der Waals surface area (Å²) < 4.78 is 11.4. The topological polar surface area (TPSA) is 42.0 Å². The molecule has 3 aliphatic heterocycles. The summed E-state index contributed by atoms with van der Waals surface area (Å²) in [7, 11) is 1.75. The van der Waals surface area contributed by atoms with Crippen molar-refractivity contribution in [1.82, 2.24) is 9.80 Å². The average Bonchev–Trinajstić information content (AvgIpc) is 3.00.